The van der Waals surface area contributed by atoms with E-state index < -0.39 is 0 Å². The quantitative estimate of drug-likeness (QED) is 0.722. The third-order valence-electron chi connectivity index (χ3n) is 2.23. The molecule has 0 spiro atoms. The zero-order valence-corrected chi connectivity index (χ0v) is 8.22. The van der Waals surface area contributed by atoms with Crippen molar-refractivity contribution in [2.75, 3.05) is 19.6 Å². The Morgan fingerprint density at radius 1 is 1.62 bits per heavy atom. The number of carbonyl (C=O) groups is 1. The molecule has 1 aromatic rings. The van der Waals surface area contributed by atoms with Crippen LogP contribution in [0.15, 0.2) is 11.6 Å². The molecule has 13 heavy (non-hydrogen) atoms. The predicted octanol–water partition coefficient (Wildman–Crippen LogP) is 0.960. The Bertz CT molecular complexity index is 284. The Morgan fingerprint density at radius 3 is 3.15 bits per heavy atom. The van der Waals surface area contributed by atoms with Gasteiger partial charge in [-0.3, -0.25) is 9.69 Å². The molecule has 1 aliphatic heterocycles. The van der Waals surface area contributed by atoms with E-state index in [2.05, 4.69) is 9.88 Å². The van der Waals surface area contributed by atoms with Crippen molar-refractivity contribution in [2.24, 2.45) is 0 Å². The summed E-state index contributed by atoms with van der Waals surface area (Å²) in [5.41, 5.74) is 0. The molecule has 0 amide bonds. The van der Waals surface area contributed by atoms with E-state index in [9.17, 15) is 4.79 Å². The summed E-state index contributed by atoms with van der Waals surface area (Å²) in [6, 6.07) is 0. The van der Waals surface area contributed by atoms with E-state index in [0.717, 1.165) is 25.9 Å². The lowest BCUT2D eigenvalue weighted by atomic mass is 10.4. The zero-order chi connectivity index (χ0) is 9.10. The maximum absolute atomic E-state index is 11.0. The summed E-state index contributed by atoms with van der Waals surface area (Å²) in [7, 11) is 0. The number of thiazole rings is 1. The van der Waals surface area contributed by atoms with Crippen molar-refractivity contribution in [3.63, 3.8) is 0 Å². The second-order valence-corrected chi connectivity index (χ2v) is 4.22. The number of hydrogen-bond donors (Lipinski definition) is 0. The fourth-order valence-corrected chi connectivity index (χ4v) is 2.12. The predicted molar refractivity (Wildman–Crippen MR) is 51.9 cm³/mol. The van der Waals surface area contributed by atoms with Crippen molar-refractivity contribution in [1.29, 1.82) is 0 Å². The van der Waals surface area contributed by atoms with Crippen molar-refractivity contribution in [2.45, 2.75) is 12.8 Å². The van der Waals surface area contributed by atoms with Gasteiger partial charge in [0, 0.05) is 37.5 Å². The first-order chi connectivity index (χ1) is 6.34. The minimum Gasteiger partial charge on any atom is -0.298 e. The largest absolute Gasteiger partial charge is 0.298 e. The first-order valence-electron chi connectivity index (χ1n) is 4.47. The molecule has 2 heterocycles. The van der Waals surface area contributed by atoms with Gasteiger partial charge in [0.1, 0.15) is 5.78 Å². The van der Waals surface area contributed by atoms with E-state index in [4.69, 9.17) is 0 Å². The molecule has 70 valence electrons. The van der Waals surface area contributed by atoms with E-state index in [1.54, 1.807) is 11.3 Å². The van der Waals surface area contributed by atoms with Crippen LogP contribution in [0.4, 0.5) is 0 Å². The van der Waals surface area contributed by atoms with Gasteiger partial charge in [-0.1, -0.05) is 0 Å². The summed E-state index contributed by atoms with van der Waals surface area (Å²) in [5.74, 6) is 0.374. The molecular weight excluding hydrogens is 184 g/mol. The van der Waals surface area contributed by atoms with Crippen molar-refractivity contribution in [3.8, 4) is 0 Å². The molecule has 2 rings (SSSR count). The van der Waals surface area contributed by atoms with E-state index in [1.165, 1.54) is 5.01 Å². The molecule has 0 aliphatic carbocycles. The van der Waals surface area contributed by atoms with Gasteiger partial charge in [-0.15, -0.1) is 11.3 Å². The van der Waals surface area contributed by atoms with Crippen molar-refractivity contribution >= 4 is 17.1 Å². The summed E-state index contributed by atoms with van der Waals surface area (Å²) in [4.78, 5) is 17.4. The molecule has 1 fully saturated rings. The highest BCUT2D eigenvalue weighted by Gasteiger charge is 2.18. The van der Waals surface area contributed by atoms with Crippen molar-refractivity contribution in [3.05, 3.63) is 16.6 Å². The van der Waals surface area contributed by atoms with Gasteiger partial charge in [0.25, 0.3) is 0 Å². The molecule has 0 aromatic carbocycles. The first kappa shape index (κ1) is 8.84. The van der Waals surface area contributed by atoms with Gasteiger partial charge in [-0.05, 0) is 0 Å². The molecule has 0 atom stereocenters. The van der Waals surface area contributed by atoms with Gasteiger partial charge in [-0.25, -0.2) is 4.98 Å². The standard InChI is InChI=1S/C9H12N2OS/c12-8-1-4-11(7-8)5-2-9-10-3-6-13-9/h3,6H,1-2,4-5,7H2. The average molecular weight is 196 g/mol. The van der Waals surface area contributed by atoms with Crippen LogP contribution in [0.25, 0.3) is 0 Å². The Kier molecular flexibility index (Phi) is 2.71. The van der Waals surface area contributed by atoms with Gasteiger partial charge in [0.15, 0.2) is 0 Å². The van der Waals surface area contributed by atoms with Crippen LogP contribution >= 0.6 is 11.3 Å². The highest BCUT2D eigenvalue weighted by molar-refractivity contribution is 7.09. The normalized spacial score (nSPS) is 18.3. The monoisotopic (exact) mass is 196 g/mol. The van der Waals surface area contributed by atoms with Gasteiger partial charge < -0.3 is 0 Å². The van der Waals surface area contributed by atoms with Crippen LogP contribution in [-0.2, 0) is 11.2 Å². The van der Waals surface area contributed by atoms with Crippen LogP contribution in [0.5, 0.6) is 0 Å². The summed E-state index contributed by atoms with van der Waals surface area (Å²) < 4.78 is 0. The lowest BCUT2D eigenvalue weighted by Gasteiger charge is -2.11. The molecule has 1 aromatic heterocycles. The number of likely N-dealkylation sites (tertiary alicyclic amines) is 1. The Labute approximate surface area is 81.4 Å². The summed E-state index contributed by atoms with van der Waals surface area (Å²) >= 11 is 1.68. The summed E-state index contributed by atoms with van der Waals surface area (Å²) in [6.45, 7) is 2.55. The number of Topliss-reactive ketones (excluding diaryl/α,β-unsaturated/α-hetero) is 1. The third-order valence-corrected chi connectivity index (χ3v) is 3.07. The minimum atomic E-state index is 0.374. The average Bonchev–Trinajstić information content (AvgIpc) is 2.71. The van der Waals surface area contributed by atoms with E-state index >= 15 is 0 Å². The number of hydrogen-bond acceptors (Lipinski definition) is 4. The van der Waals surface area contributed by atoms with Gasteiger partial charge >= 0.3 is 0 Å². The number of ketones is 1. The maximum atomic E-state index is 11.0. The van der Waals surface area contributed by atoms with Crippen LogP contribution in [0.1, 0.15) is 11.4 Å². The number of carbonyl (C=O) groups excluding carboxylic acids is 1. The fraction of sp³-hybridized carbons (Fsp3) is 0.556. The molecular formula is C9H12N2OS. The Balaban J connectivity index is 1.77. The Hall–Kier alpha value is -0.740. The van der Waals surface area contributed by atoms with Crippen LogP contribution < -0.4 is 0 Å². The smallest absolute Gasteiger partial charge is 0.148 e. The van der Waals surface area contributed by atoms with E-state index in [1.807, 2.05) is 11.6 Å². The number of aromatic nitrogens is 1. The highest BCUT2D eigenvalue weighted by Crippen LogP contribution is 2.08. The van der Waals surface area contributed by atoms with Gasteiger partial charge in [0.2, 0.25) is 0 Å². The fourth-order valence-electron chi connectivity index (χ4n) is 1.51. The molecule has 1 aliphatic rings. The second-order valence-electron chi connectivity index (χ2n) is 3.24. The molecule has 3 nitrogen and oxygen atoms in total. The molecule has 0 saturated carbocycles. The van der Waals surface area contributed by atoms with Crippen LogP contribution in [0.3, 0.4) is 0 Å². The SMILES string of the molecule is O=C1CCN(CCc2nccs2)C1. The summed E-state index contributed by atoms with van der Waals surface area (Å²) in [6.07, 6.45) is 3.54. The molecule has 0 radical (unpaired) electrons. The third kappa shape index (κ3) is 2.35. The lowest BCUT2D eigenvalue weighted by molar-refractivity contribution is -0.116. The first-order valence-corrected chi connectivity index (χ1v) is 5.35. The Morgan fingerprint density at radius 2 is 2.54 bits per heavy atom. The maximum Gasteiger partial charge on any atom is 0.148 e. The molecule has 0 N–H and O–H groups in total. The van der Waals surface area contributed by atoms with Crippen molar-refractivity contribution < 1.29 is 4.79 Å². The van der Waals surface area contributed by atoms with E-state index in [0.29, 0.717) is 12.3 Å². The van der Waals surface area contributed by atoms with Crippen LogP contribution in [0, 0.1) is 0 Å². The molecule has 1 saturated heterocycles. The number of nitrogens with zero attached hydrogens (tertiary/aromatic N) is 2. The topological polar surface area (TPSA) is 33.2 Å². The molecule has 4 heteroatoms. The number of rotatable bonds is 3. The zero-order valence-electron chi connectivity index (χ0n) is 7.40. The van der Waals surface area contributed by atoms with E-state index in [-0.39, 0.29) is 0 Å². The molecule has 0 unspecified atom stereocenters. The summed E-state index contributed by atoms with van der Waals surface area (Å²) in [5, 5.41) is 3.16. The van der Waals surface area contributed by atoms with Crippen molar-refractivity contribution in [1.82, 2.24) is 9.88 Å². The highest BCUT2D eigenvalue weighted by atomic mass is 32.1. The van der Waals surface area contributed by atoms with Gasteiger partial charge in [-0.2, -0.15) is 0 Å². The molecule has 0 bridgehead atoms. The van der Waals surface area contributed by atoms with Crippen LogP contribution in [-0.4, -0.2) is 35.3 Å². The lowest BCUT2D eigenvalue weighted by Crippen LogP contribution is -2.23. The second kappa shape index (κ2) is 3.98. The van der Waals surface area contributed by atoms with Gasteiger partial charge in [0.05, 0.1) is 11.6 Å². The minimum absolute atomic E-state index is 0.374. The van der Waals surface area contributed by atoms with Crippen LogP contribution in [0.2, 0.25) is 0 Å².